The maximum absolute atomic E-state index is 13.7. The number of hydrogen-bond acceptors (Lipinski definition) is 7. The van der Waals surface area contributed by atoms with Crippen LogP contribution >= 0.6 is 0 Å². The van der Waals surface area contributed by atoms with E-state index in [9.17, 15) is 9.59 Å². The number of carbonyl (C=O) groups excluding carboxylic acids is 2. The Labute approximate surface area is 239 Å². The molecule has 2 aromatic heterocycles. The van der Waals surface area contributed by atoms with Crippen LogP contribution in [0.5, 0.6) is 11.5 Å². The van der Waals surface area contributed by atoms with Crippen molar-refractivity contribution in [2.24, 2.45) is 0 Å². The Balaban J connectivity index is 1.59. The number of aryl methyl sites for hydroxylation is 1. The summed E-state index contributed by atoms with van der Waals surface area (Å²) in [6.07, 6.45) is 2.62. The highest BCUT2D eigenvalue weighted by Crippen LogP contribution is 2.32. The van der Waals surface area contributed by atoms with Crippen molar-refractivity contribution >= 4 is 17.8 Å². The van der Waals surface area contributed by atoms with Gasteiger partial charge in [0, 0.05) is 30.6 Å². The van der Waals surface area contributed by atoms with E-state index in [2.05, 4.69) is 10.3 Å². The molecular weight excluding hydrogens is 522 g/mol. The molecule has 4 aromatic rings. The number of rotatable bonds is 11. The van der Waals surface area contributed by atoms with Gasteiger partial charge in [-0.3, -0.25) is 24.5 Å². The Kier molecular flexibility index (Phi) is 9.36. The van der Waals surface area contributed by atoms with Gasteiger partial charge in [0.1, 0.15) is 6.54 Å². The number of nitrogens with zero attached hydrogens (tertiary/aromatic N) is 4. The number of anilines is 1. The van der Waals surface area contributed by atoms with Crippen LogP contribution in [0.15, 0.2) is 73.1 Å². The standard InChI is InChI=1S/C31H35N5O5/c1-20(2)35(30(38)29(41-6)23-13-15-26(39-4)27(16-23)40-5)19-28(37)34-31-33-25(22-10-8-7-9-11-22)18-36(31)24-14-12-21(3)32-17-24/h7-18,20,29H,19H2,1-6H3,(H,33,34,37). The smallest absolute Gasteiger partial charge is 0.257 e. The average Bonchev–Trinajstić information content (AvgIpc) is 3.40. The van der Waals surface area contributed by atoms with Crippen LogP contribution in [0, 0.1) is 6.92 Å². The van der Waals surface area contributed by atoms with Crippen molar-refractivity contribution in [1.29, 1.82) is 0 Å². The van der Waals surface area contributed by atoms with E-state index in [1.807, 2.05) is 69.4 Å². The molecule has 0 aliphatic rings. The molecule has 2 aromatic carbocycles. The molecule has 1 atom stereocenters. The summed E-state index contributed by atoms with van der Waals surface area (Å²) in [5.41, 5.74) is 3.78. The molecule has 0 radical (unpaired) electrons. The van der Waals surface area contributed by atoms with Crippen LogP contribution in [0.4, 0.5) is 5.95 Å². The molecule has 214 valence electrons. The Hall–Kier alpha value is -4.70. The van der Waals surface area contributed by atoms with E-state index in [1.54, 1.807) is 36.1 Å². The molecule has 0 saturated carbocycles. The average molecular weight is 558 g/mol. The molecule has 2 amide bonds. The van der Waals surface area contributed by atoms with E-state index in [-0.39, 0.29) is 18.5 Å². The topological polar surface area (TPSA) is 108 Å². The molecule has 41 heavy (non-hydrogen) atoms. The Morgan fingerprint density at radius 2 is 1.71 bits per heavy atom. The van der Waals surface area contributed by atoms with Crippen LogP contribution in [0.2, 0.25) is 0 Å². The molecule has 10 nitrogen and oxygen atoms in total. The summed E-state index contributed by atoms with van der Waals surface area (Å²) < 4.78 is 18.1. The van der Waals surface area contributed by atoms with Crippen LogP contribution in [-0.4, -0.2) is 65.2 Å². The maximum atomic E-state index is 13.7. The normalized spacial score (nSPS) is 11.7. The zero-order chi connectivity index (χ0) is 29.5. The molecule has 0 fully saturated rings. The second-order valence-corrected chi connectivity index (χ2v) is 9.68. The molecule has 10 heteroatoms. The summed E-state index contributed by atoms with van der Waals surface area (Å²) in [6.45, 7) is 5.39. The number of amides is 2. The largest absolute Gasteiger partial charge is 0.493 e. The lowest BCUT2D eigenvalue weighted by molar-refractivity contribution is -0.146. The number of aromatic nitrogens is 3. The Morgan fingerprint density at radius 1 is 0.976 bits per heavy atom. The van der Waals surface area contributed by atoms with E-state index >= 15 is 0 Å². The third kappa shape index (κ3) is 6.72. The van der Waals surface area contributed by atoms with E-state index in [0.717, 1.165) is 16.9 Å². The van der Waals surface area contributed by atoms with Crippen LogP contribution < -0.4 is 14.8 Å². The minimum absolute atomic E-state index is 0.205. The van der Waals surface area contributed by atoms with Gasteiger partial charge >= 0.3 is 0 Å². The first-order valence-electron chi connectivity index (χ1n) is 13.2. The summed E-state index contributed by atoms with van der Waals surface area (Å²) >= 11 is 0. The predicted molar refractivity (Wildman–Crippen MR) is 156 cm³/mol. The number of carbonyl (C=O) groups is 2. The van der Waals surface area contributed by atoms with Gasteiger partial charge in [-0.05, 0) is 50.6 Å². The van der Waals surface area contributed by atoms with Gasteiger partial charge in [0.2, 0.25) is 11.9 Å². The fourth-order valence-corrected chi connectivity index (χ4v) is 4.40. The summed E-state index contributed by atoms with van der Waals surface area (Å²) in [5, 5.41) is 2.90. The van der Waals surface area contributed by atoms with Gasteiger partial charge in [-0.2, -0.15) is 0 Å². The summed E-state index contributed by atoms with van der Waals surface area (Å²) in [7, 11) is 4.52. The van der Waals surface area contributed by atoms with Crippen molar-refractivity contribution in [3.63, 3.8) is 0 Å². The summed E-state index contributed by atoms with van der Waals surface area (Å²) in [5.74, 6) is 0.564. The fraction of sp³-hybridized carbons (Fsp3) is 0.290. The monoisotopic (exact) mass is 557 g/mol. The third-order valence-corrected chi connectivity index (χ3v) is 6.59. The van der Waals surface area contributed by atoms with E-state index in [0.29, 0.717) is 28.7 Å². The highest BCUT2D eigenvalue weighted by Gasteiger charge is 2.30. The van der Waals surface area contributed by atoms with Crippen LogP contribution in [0.25, 0.3) is 16.9 Å². The summed E-state index contributed by atoms with van der Waals surface area (Å²) in [4.78, 5) is 37.6. The highest BCUT2D eigenvalue weighted by molar-refractivity contribution is 5.95. The number of benzene rings is 2. The lowest BCUT2D eigenvalue weighted by atomic mass is 10.1. The molecule has 0 aliphatic heterocycles. The first kappa shape index (κ1) is 29.3. The summed E-state index contributed by atoms with van der Waals surface area (Å²) in [6, 6.07) is 18.3. The zero-order valence-corrected chi connectivity index (χ0v) is 24.1. The van der Waals surface area contributed by atoms with Crippen molar-refractivity contribution < 1.29 is 23.8 Å². The Bertz CT molecular complexity index is 1480. The number of ether oxygens (including phenoxy) is 3. The Morgan fingerprint density at radius 3 is 2.32 bits per heavy atom. The van der Waals surface area contributed by atoms with Gasteiger partial charge in [0.25, 0.3) is 5.91 Å². The van der Waals surface area contributed by atoms with Crippen LogP contribution in [0.3, 0.4) is 0 Å². The van der Waals surface area contributed by atoms with Gasteiger partial charge in [-0.1, -0.05) is 36.4 Å². The minimum Gasteiger partial charge on any atom is -0.493 e. The maximum Gasteiger partial charge on any atom is 0.257 e. The molecule has 1 unspecified atom stereocenters. The quantitative estimate of drug-likeness (QED) is 0.282. The van der Waals surface area contributed by atoms with Gasteiger partial charge in [-0.15, -0.1) is 0 Å². The van der Waals surface area contributed by atoms with Crippen molar-refractivity contribution in [3.05, 3.63) is 84.3 Å². The van der Waals surface area contributed by atoms with Crippen molar-refractivity contribution in [1.82, 2.24) is 19.4 Å². The van der Waals surface area contributed by atoms with Gasteiger partial charge < -0.3 is 19.1 Å². The second-order valence-electron chi connectivity index (χ2n) is 9.68. The number of hydrogen-bond donors (Lipinski definition) is 1. The highest BCUT2D eigenvalue weighted by atomic mass is 16.5. The molecule has 4 rings (SSSR count). The molecule has 2 heterocycles. The van der Waals surface area contributed by atoms with Crippen LogP contribution in [-0.2, 0) is 14.3 Å². The fourth-order valence-electron chi connectivity index (χ4n) is 4.40. The van der Waals surface area contributed by atoms with E-state index < -0.39 is 12.0 Å². The minimum atomic E-state index is -0.949. The molecule has 0 aliphatic carbocycles. The van der Waals surface area contributed by atoms with Gasteiger partial charge in [-0.25, -0.2) is 4.98 Å². The number of nitrogens with one attached hydrogen (secondary N) is 1. The number of imidazole rings is 1. The zero-order valence-electron chi connectivity index (χ0n) is 24.1. The van der Waals surface area contributed by atoms with Crippen molar-refractivity contribution in [3.8, 4) is 28.4 Å². The third-order valence-electron chi connectivity index (χ3n) is 6.59. The lowest BCUT2D eigenvalue weighted by Crippen LogP contribution is -2.45. The molecule has 0 bridgehead atoms. The van der Waals surface area contributed by atoms with Gasteiger partial charge in [0.15, 0.2) is 17.6 Å². The second kappa shape index (κ2) is 13.1. The molecule has 1 N–H and O–H groups in total. The van der Waals surface area contributed by atoms with Crippen molar-refractivity contribution in [2.75, 3.05) is 33.2 Å². The SMILES string of the molecule is COc1ccc(C(OC)C(=O)N(CC(=O)Nc2nc(-c3ccccc3)cn2-c2ccc(C)nc2)C(C)C)cc1OC. The van der Waals surface area contributed by atoms with E-state index in [4.69, 9.17) is 19.2 Å². The van der Waals surface area contributed by atoms with E-state index in [1.165, 1.54) is 19.1 Å². The molecular formula is C31H35N5O5. The lowest BCUT2D eigenvalue weighted by Gasteiger charge is -2.30. The van der Waals surface area contributed by atoms with Crippen molar-refractivity contribution in [2.45, 2.75) is 32.9 Å². The first-order chi connectivity index (χ1) is 19.7. The molecule has 0 spiro atoms. The number of pyridine rings is 1. The predicted octanol–water partition coefficient (Wildman–Crippen LogP) is 4.82. The first-order valence-corrected chi connectivity index (χ1v) is 13.2. The number of methoxy groups -OCH3 is 3. The van der Waals surface area contributed by atoms with Gasteiger partial charge in [0.05, 0.1) is 31.8 Å². The molecule has 0 saturated heterocycles. The van der Waals surface area contributed by atoms with Crippen LogP contribution in [0.1, 0.15) is 31.2 Å².